The fourth-order valence-electron chi connectivity index (χ4n) is 1.26. The minimum Gasteiger partial charge on any atom is -0.299 e. The van der Waals surface area contributed by atoms with Gasteiger partial charge in [0.25, 0.3) is 0 Å². The number of ketones is 1. The molecule has 0 unspecified atom stereocenters. The molecular formula is C8H13NO. The van der Waals surface area contributed by atoms with Gasteiger partial charge in [-0.15, -0.1) is 0 Å². The molecule has 0 aromatic rings. The summed E-state index contributed by atoms with van der Waals surface area (Å²) in [6.45, 7) is 5.27. The molecule has 0 amide bonds. The van der Waals surface area contributed by atoms with Crippen molar-refractivity contribution in [2.24, 2.45) is 5.41 Å². The van der Waals surface area contributed by atoms with Crippen molar-refractivity contribution in [3.05, 3.63) is 7.05 Å². The average Bonchev–Trinajstić information content (AvgIpc) is 1.78. The summed E-state index contributed by atoms with van der Waals surface area (Å²) in [6.07, 6.45) is 0.601. The lowest BCUT2D eigenvalue weighted by Crippen LogP contribution is -2.43. The molecule has 0 aliphatic carbocycles. The molecule has 0 bridgehead atoms. The topological polar surface area (TPSA) is 20.3 Å². The minimum absolute atomic E-state index is 0.229. The van der Waals surface area contributed by atoms with Gasteiger partial charge >= 0.3 is 0 Å². The van der Waals surface area contributed by atoms with Crippen LogP contribution < -0.4 is 0 Å². The molecule has 0 N–H and O–H groups in total. The van der Waals surface area contributed by atoms with E-state index in [1.165, 1.54) is 0 Å². The van der Waals surface area contributed by atoms with Gasteiger partial charge < -0.3 is 0 Å². The van der Waals surface area contributed by atoms with Gasteiger partial charge in [-0.05, 0) is 0 Å². The first-order valence-electron chi connectivity index (χ1n) is 3.55. The van der Waals surface area contributed by atoms with Crippen LogP contribution in [0.3, 0.4) is 0 Å². The fourth-order valence-corrected chi connectivity index (χ4v) is 1.26. The Labute approximate surface area is 62.2 Å². The van der Waals surface area contributed by atoms with Crippen molar-refractivity contribution in [1.29, 1.82) is 0 Å². The zero-order valence-electron chi connectivity index (χ0n) is 6.55. The molecule has 0 aromatic heterocycles. The van der Waals surface area contributed by atoms with E-state index in [4.69, 9.17) is 7.05 Å². The molecule has 0 atom stereocenters. The van der Waals surface area contributed by atoms with Crippen LogP contribution in [0, 0.1) is 12.5 Å². The lowest BCUT2D eigenvalue weighted by Gasteiger charge is -2.33. The summed E-state index contributed by atoms with van der Waals surface area (Å²) in [6, 6.07) is 0. The predicted molar refractivity (Wildman–Crippen MR) is 39.3 cm³/mol. The zero-order chi connectivity index (χ0) is 7.78. The van der Waals surface area contributed by atoms with Gasteiger partial charge in [-0.2, -0.15) is 0 Å². The lowest BCUT2D eigenvalue weighted by molar-refractivity contribution is -0.130. The van der Waals surface area contributed by atoms with Gasteiger partial charge in [0.05, 0.1) is 0 Å². The first-order chi connectivity index (χ1) is 4.52. The average molecular weight is 139 g/mol. The van der Waals surface area contributed by atoms with Crippen LogP contribution in [0.4, 0.5) is 0 Å². The normalized spacial score (nSPS) is 26.9. The van der Waals surface area contributed by atoms with Gasteiger partial charge in [-0.25, -0.2) is 0 Å². The second kappa shape index (κ2) is 2.35. The van der Waals surface area contributed by atoms with E-state index in [2.05, 4.69) is 0 Å². The third-order valence-electron chi connectivity index (χ3n) is 1.98. The number of carbonyl (C=O) groups excluding carboxylic acids is 1. The molecule has 10 heavy (non-hydrogen) atoms. The van der Waals surface area contributed by atoms with E-state index in [9.17, 15) is 4.79 Å². The summed E-state index contributed by atoms with van der Waals surface area (Å²) in [5.41, 5.74) is -0.229. The Hall–Kier alpha value is -0.370. The summed E-state index contributed by atoms with van der Waals surface area (Å²) in [5.74, 6) is 0.328. The van der Waals surface area contributed by atoms with Gasteiger partial charge in [0.1, 0.15) is 5.78 Å². The Balaban J connectivity index is 2.63. The number of carbonyl (C=O) groups is 1. The van der Waals surface area contributed by atoms with E-state index in [1.54, 1.807) is 4.90 Å². The molecule has 1 rings (SSSR count). The van der Waals surface area contributed by atoms with Crippen molar-refractivity contribution >= 4 is 5.78 Å². The highest BCUT2D eigenvalue weighted by Gasteiger charge is 2.32. The molecule has 1 saturated heterocycles. The van der Waals surface area contributed by atoms with Crippen molar-refractivity contribution in [3.63, 3.8) is 0 Å². The van der Waals surface area contributed by atoms with Crippen LogP contribution in [0.2, 0.25) is 0 Å². The molecule has 0 aromatic carbocycles. The molecule has 1 fully saturated rings. The Bertz CT molecular complexity index is 151. The minimum atomic E-state index is -0.229. The second-order valence-electron chi connectivity index (χ2n) is 3.53. The highest BCUT2D eigenvalue weighted by Crippen LogP contribution is 2.24. The first-order valence-corrected chi connectivity index (χ1v) is 3.55. The predicted octanol–water partition coefficient (Wildman–Crippen LogP) is 0.956. The lowest BCUT2D eigenvalue weighted by atomic mass is 9.83. The number of hydrogen-bond donors (Lipinski definition) is 0. The van der Waals surface area contributed by atoms with Crippen LogP contribution >= 0.6 is 0 Å². The van der Waals surface area contributed by atoms with Crippen molar-refractivity contribution in [2.75, 3.05) is 13.1 Å². The molecular weight excluding hydrogens is 126 g/mol. The quantitative estimate of drug-likeness (QED) is 0.498. The SMILES string of the molecule is [CH]N1CCC(=O)C(C)(C)C1. The Morgan fingerprint density at radius 2 is 2.20 bits per heavy atom. The standard InChI is InChI=1S/C8H13NO/c1-8(2)6-9(3)5-4-7(8)10/h3H,4-6H2,1-2H3. The van der Waals surface area contributed by atoms with E-state index in [-0.39, 0.29) is 5.41 Å². The number of rotatable bonds is 0. The summed E-state index contributed by atoms with van der Waals surface area (Å²) < 4.78 is 0. The molecule has 2 heteroatoms. The first kappa shape index (κ1) is 7.73. The molecule has 0 saturated carbocycles. The van der Waals surface area contributed by atoms with E-state index in [0.29, 0.717) is 25.3 Å². The molecule has 1 aliphatic rings. The summed E-state index contributed by atoms with van der Waals surface area (Å²) in [7, 11) is 5.55. The van der Waals surface area contributed by atoms with Crippen molar-refractivity contribution in [2.45, 2.75) is 20.3 Å². The second-order valence-corrected chi connectivity index (χ2v) is 3.53. The van der Waals surface area contributed by atoms with E-state index >= 15 is 0 Å². The number of likely N-dealkylation sites (tertiary alicyclic amines) is 1. The Morgan fingerprint density at radius 3 is 2.60 bits per heavy atom. The zero-order valence-corrected chi connectivity index (χ0v) is 6.55. The summed E-state index contributed by atoms with van der Waals surface area (Å²) in [4.78, 5) is 12.9. The largest absolute Gasteiger partial charge is 0.299 e. The van der Waals surface area contributed by atoms with Crippen LogP contribution in [0.15, 0.2) is 0 Å². The maximum absolute atomic E-state index is 11.2. The van der Waals surface area contributed by atoms with Crippen molar-refractivity contribution < 1.29 is 4.79 Å². The number of hydrogen-bond acceptors (Lipinski definition) is 2. The van der Waals surface area contributed by atoms with Gasteiger partial charge in [0.15, 0.2) is 0 Å². The Kier molecular flexibility index (Phi) is 1.82. The van der Waals surface area contributed by atoms with E-state index < -0.39 is 0 Å². The number of nitrogens with zero attached hydrogens (tertiary/aromatic N) is 1. The molecule has 2 radical (unpaired) electrons. The fraction of sp³-hybridized carbons (Fsp3) is 0.750. The Morgan fingerprint density at radius 1 is 1.60 bits per heavy atom. The molecule has 1 aliphatic heterocycles. The molecule has 1 heterocycles. The van der Waals surface area contributed by atoms with Crippen LogP contribution in [0.1, 0.15) is 20.3 Å². The van der Waals surface area contributed by atoms with Crippen molar-refractivity contribution in [1.82, 2.24) is 4.90 Å². The van der Waals surface area contributed by atoms with Crippen LogP contribution in [0.5, 0.6) is 0 Å². The van der Waals surface area contributed by atoms with Crippen LogP contribution in [-0.4, -0.2) is 23.8 Å². The third-order valence-corrected chi connectivity index (χ3v) is 1.98. The van der Waals surface area contributed by atoms with Gasteiger partial charge in [-0.1, -0.05) is 13.8 Å². The van der Waals surface area contributed by atoms with E-state index in [1.807, 2.05) is 13.8 Å². The maximum atomic E-state index is 11.2. The smallest absolute Gasteiger partial charge is 0.141 e. The molecule has 2 nitrogen and oxygen atoms in total. The van der Waals surface area contributed by atoms with Gasteiger partial charge in [-0.3, -0.25) is 9.69 Å². The van der Waals surface area contributed by atoms with Crippen LogP contribution in [0.25, 0.3) is 0 Å². The van der Waals surface area contributed by atoms with Crippen LogP contribution in [-0.2, 0) is 4.79 Å². The van der Waals surface area contributed by atoms with Gasteiger partial charge in [0.2, 0.25) is 0 Å². The number of piperidine rings is 1. The summed E-state index contributed by atoms with van der Waals surface area (Å²) >= 11 is 0. The number of Topliss-reactive ketones (excluding diaryl/α,β-unsaturated/α-hetero) is 1. The highest BCUT2D eigenvalue weighted by molar-refractivity contribution is 5.85. The third kappa shape index (κ3) is 1.37. The van der Waals surface area contributed by atoms with Gasteiger partial charge in [0, 0.05) is 32.0 Å². The molecule has 0 spiro atoms. The maximum Gasteiger partial charge on any atom is 0.141 e. The molecule has 56 valence electrons. The highest BCUT2D eigenvalue weighted by atomic mass is 16.1. The van der Waals surface area contributed by atoms with E-state index in [0.717, 1.165) is 0 Å². The van der Waals surface area contributed by atoms with Crippen molar-refractivity contribution in [3.8, 4) is 0 Å². The summed E-state index contributed by atoms with van der Waals surface area (Å²) in [5, 5.41) is 0. The monoisotopic (exact) mass is 139 g/mol.